The van der Waals surface area contributed by atoms with Crippen molar-refractivity contribution in [1.82, 2.24) is 5.32 Å². The van der Waals surface area contributed by atoms with E-state index in [4.69, 9.17) is 0 Å². The number of rotatable bonds is 1. The zero-order chi connectivity index (χ0) is 10.7. The Bertz CT molecular complexity index is 327. The molecule has 1 fully saturated rings. The van der Waals surface area contributed by atoms with Gasteiger partial charge in [0.25, 0.3) is 0 Å². The van der Waals surface area contributed by atoms with E-state index in [9.17, 15) is 4.39 Å². The summed E-state index contributed by atoms with van der Waals surface area (Å²) in [6, 6.07) is 7.40. The molecule has 82 valence electrons. The van der Waals surface area contributed by atoms with Crippen LogP contribution in [0.1, 0.15) is 13.3 Å². The maximum Gasteiger partial charge on any atom is 0.125 e. The Kier molecular flexibility index (Phi) is 3.21. The van der Waals surface area contributed by atoms with Gasteiger partial charge >= 0.3 is 0 Å². The minimum atomic E-state index is -0.155. The molecule has 1 saturated heterocycles. The second-order valence-electron chi connectivity index (χ2n) is 4.11. The molecule has 0 spiro atoms. The van der Waals surface area contributed by atoms with Gasteiger partial charge in [-0.2, -0.15) is 0 Å². The third-order valence-corrected chi connectivity index (χ3v) is 2.88. The summed E-state index contributed by atoms with van der Waals surface area (Å²) >= 11 is 0. The number of hydrogen-bond acceptors (Lipinski definition) is 2. The van der Waals surface area contributed by atoms with Crippen LogP contribution in [0.4, 0.5) is 10.1 Å². The van der Waals surface area contributed by atoms with Gasteiger partial charge in [-0.25, -0.2) is 4.39 Å². The molecule has 1 aromatic rings. The summed E-state index contributed by atoms with van der Waals surface area (Å²) in [7, 11) is 0. The van der Waals surface area contributed by atoms with Crippen molar-refractivity contribution in [3.05, 3.63) is 30.1 Å². The first-order valence-corrected chi connectivity index (χ1v) is 5.49. The molecular formula is C12H17FN2. The second-order valence-corrected chi connectivity index (χ2v) is 4.11. The number of halogens is 1. The van der Waals surface area contributed by atoms with Gasteiger partial charge in [0.1, 0.15) is 5.82 Å². The molecule has 1 aliphatic rings. The molecule has 0 amide bonds. The molecule has 0 radical (unpaired) electrons. The van der Waals surface area contributed by atoms with Crippen molar-refractivity contribution in [2.75, 3.05) is 24.5 Å². The minimum absolute atomic E-state index is 0.155. The van der Waals surface area contributed by atoms with E-state index < -0.39 is 0 Å². The highest BCUT2D eigenvalue weighted by molar-refractivity contribution is 5.46. The minimum Gasteiger partial charge on any atom is -0.370 e. The summed E-state index contributed by atoms with van der Waals surface area (Å²) in [5.41, 5.74) is 0.992. The molecule has 1 unspecified atom stereocenters. The maximum atomic E-state index is 13.1. The third-order valence-electron chi connectivity index (χ3n) is 2.88. The van der Waals surface area contributed by atoms with Gasteiger partial charge in [-0.05, 0) is 31.5 Å². The molecule has 1 aromatic carbocycles. The fraction of sp³-hybridized carbons (Fsp3) is 0.500. The van der Waals surface area contributed by atoms with Gasteiger partial charge in [-0.15, -0.1) is 0 Å². The molecule has 1 aliphatic heterocycles. The third kappa shape index (κ3) is 2.69. The van der Waals surface area contributed by atoms with Crippen LogP contribution < -0.4 is 10.2 Å². The molecule has 0 aliphatic carbocycles. The number of anilines is 1. The Hall–Kier alpha value is -1.09. The number of nitrogens with zero attached hydrogens (tertiary/aromatic N) is 1. The van der Waals surface area contributed by atoms with Crippen molar-refractivity contribution < 1.29 is 4.39 Å². The van der Waals surface area contributed by atoms with Gasteiger partial charge in [-0.1, -0.05) is 6.07 Å². The standard InChI is InChI=1S/C12H17FN2/c1-10-5-7-15(8-6-14-10)12-4-2-3-11(13)9-12/h2-4,9-10,14H,5-8H2,1H3. The van der Waals surface area contributed by atoms with E-state index in [1.807, 2.05) is 6.07 Å². The molecule has 0 bridgehead atoms. The van der Waals surface area contributed by atoms with Crippen LogP contribution in [0.5, 0.6) is 0 Å². The highest BCUT2D eigenvalue weighted by Gasteiger charge is 2.13. The zero-order valence-corrected chi connectivity index (χ0v) is 9.04. The van der Waals surface area contributed by atoms with Gasteiger partial charge in [0, 0.05) is 31.4 Å². The van der Waals surface area contributed by atoms with Crippen LogP contribution in [0, 0.1) is 5.82 Å². The Morgan fingerprint density at radius 1 is 1.40 bits per heavy atom. The fourth-order valence-electron chi connectivity index (χ4n) is 1.94. The zero-order valence-electron chi connectivity index (χ0n) is 9.04. The monoisotopic (exact) mass is 208 g/mol. The summed E-state index contributed by atoms with van der Waals surface area (Å²) in [5.74, 6) is -0.155. The predicted octanol–water partition coefficient (Wildman–Crippen LogP) is 2.01. The molecule has 1 heterocycles. The van der Waals surface area contributed by atoms with Crippen molar-refractivity contribution >= 4 is 5.69 Å². The van der Waals surface area contributed by atoms with Crippen molar-refractivity contribution in [2.45, 2.75) is 19.4 Å². The topological polar surface area (TPSA) is 15.3 Å². The van der Waals surface area contributed by atoms with Gasteiger partial charge in [0.2, 0.25) is 0 Å². The van der Waals surface area contributed by atoms with E-state index in [0.717, 1.165) is 31.7 Å². The summed E-state index contributed by atoms with van der Waals surface area (Å²) in [6.07, 6.45) is 1.11. The van der Waals surface area contributed by atoms with E-state index in [2.05, 4.69) is 17.1 Å². The lowest BCUT2D eigenvalue weighted by Gasteiger charge is -2.22. The highest BCUT2D eigenvalue weighted by atomic mass is 19.1. The number of hydrogen-bond donors (Lipinski definition) is 1. The van der Waals surface area contributed by atoms with Crippen LogP contribution in [-0.2, 0) is 0 Å². The average molecular weight is 208 g/mol. The molecule has 15 heavy (non-hydrogen) atoms. The molecular weight excluding hydrogens is 191 g/mol. The summed E-state index contributed by atoms with van der Waals surface area (Å²) in [5, 5.41) is 3.42. The van der Waals surface area contributed by atoms with E-state index in [0.29, 0.717) is 6.04 Å². The molecule has 2 nitrogen and oxygen atoms in total. The van der Waals surface area contributed by atoms with E-state index >= 15 is 0 Å². The summed E-state index contributed by atoms with van der Waals surface area (Å²) in [4.78, 5) is 2.24. The van der Waals surface area contributed by atoms with Crippen LogP contribution >= 0.6 is 0 Å². The van der Waals surface area contributed by atoms with E-state index in [1.54, 1.807) is 12.1 Å². The first-order valence-electron chi connectivity index (χ1n) is 5.49. The highest BCUT2D eigenvalue weighted by Crippen LogP contribution is 2.16. The molecule has 0 aromatic heterocycles. The normalized spacial score (nSPS) is 22.5. The van der Waals surface area contributed by atoms with Crippen LogP contribution in [0.3, 0.4) is 0 Å². The van der Waals surface area contributed by atoms with Crippen LogP contribution in [0.15, 0.2) is 24.3 Å². The second kappa shape index (κ2) is 4.62. The average Bonchev–Trinajstić information content (AvgIpc) is 2.43. The number of nitrogens with one attached hydrogen (secondary N) is 1. The molecule has 2 rings (SSSR count). The summed E-state index contributed by atoms with van der Waals surface area (Å²) < 4.78 is 13.1. The molecule has 3 heteroatoms. The Balaban J connectivity index is 2.09. The Morgan fingerprint density at radius 3 is 3.07 bits per heavy atom. The maximum absolute atomic E-state index is 13.1. The predicted molar refractivity (Wildman–Crippen MR) is 60.7 cm³/mol. The summed E-state index contributed by atoms with van der Waals surface area (Å²) in [6.45, 7) is 5.11. The van der Waals surface area contributed by atoms with Crippen LogP contribution in [0.2, 0.25) is 0 Å². The first-order chi connectivity index (χ1) is 7.25. The van der Waals surface area contributed by atoms with Crippen molar-refractivity contribution in [2.24, 2.45) is 0 Å². The lowest BCUT2D eigenvalue weighted by atomic mass is 10.2. The van der Waals surface area contributed by atoms with Crippen LogP contribution in [0.25, 0.3) is 0 Å². The van der Waals surface area contributed by atoms with Gasteiger partial charge < -0.3 is 10.2 Å². The van der Waals surface area contributed by atoms with Gasteiger partial charge in [-0.3, -0.25) is 0 Å². The lowest BCUT2D eigenvalue weighted by molar-refractivity contribution is 0.566. The van der Waals surface area contributed by atoms with Gasteiger partial charge in [0.05, 0.1) is 0 Å². The van der Waals surface area contributed by atoms with E-state index in [1.165, 1.54) is 6.07 Å². The molecule has 1 atom stereocenters. The number of benzene rings is 1. The fourth-order valence-corrected chi connectivity index (χ4v) is 1.94. The lowest BCUT2D eigenvalue weighted by Crippen LogP contribution is -2.28. The van der Waals surface area contributed by atoms with Crippen molar-refractivity contribution in [1.29, 1.82) is 0 Å². The van der Waals surface area contributed by atoms with E-state index in [-0.39, 0.29) is 5.82 Å². The largest absolute Gasteiger partial charge is 0.370 e. The molecule has 1 N–H and O–H groups in total. The molecule has 0 saturated carbocycles. The van der Waals surface area contributed by atoms with Crippen molar-refractivity contribution in [3.8, 4) is 0 Å². The smallest absolute Gasteiger partial charge is 0.125 e. The van der Waals surface area contributed by atoms with Crippen LogP contribution in [-0.4, -0.2) is 25.7 Å². The van der Waals surface area contributed by atoms with Gasteiger partial charge in [0.15, 0.2) is 0 Å². The Morgan fingerprint density at radius 2 is 2.27 bits per heavy atom. The SMILES string of the molecule is CC1CCN(c2cccc(F)c2)CCN1. The Labute approximate surface area is 90.1 Å². The first kappa shape index (κ1) is 10.4. The quantitative estimate of drug-likeness (QED) is 0.759. The van der Waals surface area contributed by atoms with Crippen molar-refractivity contribution in [3.63, 3.8) is 0 Å².